The molecule has 3 heterocycles. The zero-order chi connectivity index (χ0) is 17.6. The Morgan fingerprint density at radius 3 is 2.76 bits per heavy atom. The number of anilines is 2. The number of carbonyl (C=O) groups is 1. The SMILES string of the molecule is O=C(Nc1ccc(=O)n(CCO)c1)C1CCN(c2cnccn2)CC1. The first-order valence-corrected chi connectivity index (χ1v) is 8.30. The molecule has 2 N–H and O–H groups in total. The van der Waals surface area contributed by atoms with Gasteiger partial charge in [-0.2, -0.15) is 0 Å². The van der Waals surface area contributed by atoms with Crippen molar-refractivity contribution >= 4 is 17.4 Å². The Hall–Kier alpha value is -2.74. The molecule has 0 radical (unpaired) electrons. The molecular weight excluding hydrogens is 322 g/mol. The van der Waals surface area contributed by atoms with E-state index in [2.05, 4.69) is 20.2 Å². The van der Waals surface area contributed by atoms with Gasteiger partial charge in [-0.1, -0.05) is 0 Å². The van der Waals surface area contributed by atoms with Crippen LogP contribution in [-0.4, -0.2) is 45.2 Å². The summed E-state index contributed by atoms with van der Waals surface area (Å²) >= 11 is 0. The van der Waals surface area contributed by atoms with Crippen molar-refractivity contribution in [2.45, 2.75) is 19.4 Å². The highest BCUT2D eigenvalue weighted by atomic mass is 16.3. The Bertz CT molecular complexity index is 769. The monoisotopic (exact) mass is 343 g/mol. The number of rotatable bonds is 5. The van der Waals surface area contributed by atoms with E-state index in [4.69, 9.17) is 5.11 Å². The third-order valence-corrected chi connectivity index (χ3v) is 4.33. The summed E-state index contributed by atoms with van der Waals surface area (Å²) in [4.78, 5) is 34.6. The topological polar surface area (TPSA) is 100 Å². The van der Waals surface area contributed by atoms with Gasteiger partial charge in [0.25, 0.3) is 5.56 Å². The Labute approximate surface area is 145 Å². The predicted octanol–water partition coefficient (Wildman–Crippen LogP) is 0.486. The van der Waals surface area contributed by atoms with E-state index in [9.17, 15) is 9.59 Å². The number of amides is 1. The van der Waals surface area contributed by atoms with Crippen molar-refractivity contribution in [1.82, 2.24) is 14.5 Å². The standard InChI is InChI=1S/C17H21N5O3/c23-10-9-22-12-14(1-2-16(22)24)20-17(25)13-3-7-21(8-4-13)15-11-18-5-6-19-15/h1-2,5-6,11-13,23H,3-4,7-10H2,(H,20,25). The van der Waals surface area contributed by atoms with Gasteiger partial charge in [0.1, 0.15) is 5.82 Å². The van der Waals surface area contributed by atoms with Gasteiger partial charge in [0.15, 0.2) is 0 Å². The Morgan fingerprint density at radius 2 is 2.08 bits per heavy atom. The van der Waals surface area contributed by atoms with Crippen molar-refractivity contribution in [3.8, 4) is 0 Å². The van der Waals surface area contributed by atoms with E-state index in [1.807, 2.05) is 0 Å². The minimum absolute atomic E-state index is 0.0482. The van der Waals surface area contributed by atoms with E-state index < -0.39 is 0 Å². The number of aliphatic hydroxyl groups is 1. The summed E-state index contributed by atoms with van der Waals surface area (Å²) in [6.07, 6.45) is 8.06. The summed E-state index contributed by atoms with van der Waals surface area (Å²) in [6, 6.07) is 2.98. The number of carbonyl (C=O) groups excluding carboxylic acids is 1. The fourth-order valence-electron chi connectivity index (χ4n) is 2.96. The first-order valence-electron chi connectivity index (χ1n) is 8.30. The number of hydrogen-bond acceptors (Lipinski definition) is 6. The summed E-state index contributed by atoms with van der Waals surface area (Å²) in [5.74, 6) is 0.705. The lowest BCUT2D eigenvalue weighted by atomic mass is 9.96. The average molecular weight is 343 g/mol. The molecule has 25 heavy (non-hydrogen) atoms. The van der Waals surface area contributed by atoms with Crippen molar-refractivity contribution in [2.24, 2.45) is 5.92 Å². The van der Waals surface area contributed by atoms with E-state index in [-0.39, 0.29) is 30.5 Å². The number of aliphatic hydroxyl groups excluding tert-OH is 1. The highest BCUT2D eigenvalue weighted by Gasteiger charge is 2.25. The van der Waals surface area contributed by atoms with Crippen LogP contribution < -0.4 is 15.8 Å². The van der Waals surface area contributed by atoms with Crippen LogP contribution >= 0.6 is 0 Å². The van der Waals surface area contributed by atoms with Crippen LogP contribution in [0.1, 0.15) is 12.8 Å². The second-order valence-corrected chi connectivity index (χ2v) is 5.99. The summed E-state index contributed by atoms with van der Waals surface area (Å²) in [5.41, 5.74) is 0.360. The van der Waals surface area contributed by atoms with Crippen LogP contribution in [0, 0.1) is 5.92 Å². The molecule has 8 nitrogen and oxygen atoms in total. The number of nitrogens with one attached hydrogen (secondary N) is 1. The second kappa shape index (κ2) is 7.89. The number of piperidine rings is 1. The van der Waals surface area contributed by atoms with Crippen LogP contribution in [-0.2, 0) is 11.3 Å². The summed E-state index contributed by atoms with van der Waals surface area (Å²) in [7, 11) is 0. The Morgan fingerprint density at radius 1 is 1.28 bits per heavy atom. The first kappa shape index (κ1) is 17.1. The molecule has 132 valence electrons. The molecule has 1 fully saturated rings. The zero-order valence-corrected chi connectivity index (χ0v) is 13.8. The summed E-state index contributed by atoms with van der Waals surface area (Å²) in [6.45, 7) is 1.58. The van der Waals surface area contributed by atoms with Crippen LogP contribution in [0.25, 0.3) is 0 Å². The maximum atomic E-state index is 12.5. The van der Waals surface area contributed by atoms with Crippen LogP contribution in [0.4, 0.5) is 11.5 Å². The molecule has 0 aromatic carbocycles. The van der Waals surface area contributed by atoms with Crippen LogP contribution in [0.2, 0.25) is 0 Å². The van der Waals surface area contributed by atoms with Gasteiger partial charge in [-0.25, -0.2) is 4.98 Å². The highest BCUT2D eigenvalue weighted by molar-refractivity contribution is 5.92. The fraction of sp³-hybridized carbons (Fsp3) is 0.412. The molecule has 1 saturated heterocycles. The molecule has 0 spiro atoms. The molecule has 2 aromatic heterocycles. The third kappa shape index (κ3) is 4.21. The molecule has 0 atom stereocenters. The lowest BCUT2D eigenvalue weighted by Crippen LogP contribution is -2.38. The van der Waals surface area contributed by atoms with Crippen molar-refractivity contribution in [3.63, 3.8) is 0 Å². The number of nitrogens with zero attached hydrogens (tertiary/aromatic N) is 4. The Kier molecular flexibility index (Phi) is 5.39. The van der Waals surface area contributed by atoms with Gasteiger partial charge in [-0.05, 0) is 18.9 Å². The van der Waals surface area contributed by atoms with Crippen molar-refractivity contribution < 1.29 is 9.90 Å². The van der Waals surface area contributed by atoms with Crippen LogP contribution in [0.5, 0.6) is 0 Å². The smallest absolute Gasteiger partial charge is 0.250 e. The van der Waals surface area contributed by atoms with Gasteiger partial charge in [-0.3, -0.25) is 14.6 Å². The highest BCUT2D eigenvalue weighted by Crippen LogP contribution is 2.22. The van der Waals surface area contributed by atoms with E-state index in [1.54, 1.807) is 30.9 Å². The van der Waals surface area contributed by atoms with Gasteiger partial charge >= 0.3 is 0 Å². The molecule has 0 bridgehead atoms. The van der Waals surface area contributed by atoms with E-state index >= 15 is 0 Å². The normalized spacial score (nSPS) is 15.2. The van der Waals surface area contributed by atoms with Gasteiger partial charge in [0.05, 0.1) is 18.5 Å². The first-order chi connectivity index (χ1) is 12.2. The molecule has 8 heteroatoms. The second-order valence-electron chi connectivity index (χ2n) is 5.99. The van der Waals surface area contributed by atoms with E-state index in [0.29, 0.717) is 5.69 Å². The van der Waals surface area contributed by atoms with Gasteiger partial charge in [-0.15, -0.1) is 0 Å². The van der Waals surface area contributed by atoms with Crippen molar-refractivity contribution in [1.29, 1.82) is 0 Å². The fourth-order valence-corrected chi connectivity index (χ4v) is 2.96. The molecule has 1 aliphatic rings. The lowest BCUT2D eigenvalue weighted by Gasteiger charge is -2.31. The third-order valence-electron chi connectivity index (χ3n) is 4.33. The molecule has 2 aromatic rings. The van der Waals surface area contributed by atoms with E-state index in [1.165, 1.54) is 10.6 Å². The van der Waals surface area contributed by atoms with Gasteiger partial charge in [0.2, 0.25) is 5.91 Å². The molecule has 1 aliphatic heterocycles. The largest absolute Gasteiger partial charge is 0.395 e. The minimum atomic E-state index is -0.204. The maximum Gasteiger partial charge on any atom is 0.250 e. The number of hydrogen-bond donors (Lipinski definition) is 2. The van der Waals surface area contributed by atoms with Crippen molar-refractivity contribution in [3.05, 3.63) is 47.3 Å². The summed E-state index contributed by atoms with van der Waals surface area (Å²) < 4.78 is 1.38. The maximum absolute atomic E-state index is 12.5. The summed E-state index contributed by atoms with van der Waals surface area (Å²) in [5, 5.41) is 11.8. The molecule has 0 unspecified atom stereocenters. The minimum Gasteiger partial charge on any atom is -0.395 e. The lowest BCUT2D eigenvalue weighted by molar-refractivity contribution is -0.120. The predicted molar refractivity (Wildman–Crippen MR) is 93.4 cm³/mol. The van der Waals surface area contributed by atoms with Crippen LogP contribution in [0.15, 0.2) is 41.7 Å². The quantitative estimate of drug-likeness (QED) is 0.819. The molecule has 0 aliphatic carbocycles. The molecule has 3 rings (SSSR count). The number of aromatic nitrogens is 3. The Balaban J connectivity index is 1.58. The number of pyridine rings is 1. The zero-order valence-electron chi connectivity index (χ0n) is 13.8. The molecule has 0 saturated carbocycles. The van der Waals surface area contributed by atoms with Gasteiger partial charge in [0, 0.05) is 50.2 Å². The van der Waals surface area contributed by atoms with Gasteiger partial charge < -0.3 is 19.9 Å². The van der Waals surface area contributed by atoms with Crippen LogP contribution in [0.3, 0.4) is 0 Å². The average Bonchev–Trinajstić information content (AvgIpc) is 2.65. The van der Waals surface area contributed by atoms with Crippen molar-refractivity contribution in [2.75, 3.05) is 29.9 Å². The van der Waals surface area contributed by atoms with E-state index in [0.717, 1.165) is 31.7 Å². The molecule has 1 amide bonds. The molecular formula is C17H21N5O3.